The van der Waals surface area contributed by atoms with E-state index in [1.807, 2.05) is 43.6 Å². The van der Waals surface area contributed by atoms with Crippen molar-refractivity contribution >= 4 is 36.7 Å². The van der Waals surface area contributed by atoms with Crippen molar-refractivity contribution in [2.75, 3.05) is 26.4 Å². The van der Waals surface area contributed by atoms with Crippen LogP contribution in [0.5, 0.6) is 0 Å². The third kappa shape index (κ3) is 10.7. The second kappa shape index (κ2) is 15.9. The highest BCUT2D eigenvalue weighted by Crippen LogP contribution is 2.56. The normalized spacial score (nSPS) is 24.9. The Bertz CT molecular complexity index is 1870. The van der Waals surface area contributed by atoms with E-state index in [0.717, 1.165) is 29.6 Å². The van der Waals surface area contributed by atoms with E-state index in [1.165, 1.54) is 12.8 Å². The number of aromatic nitrogens is 1. The van der Waals surface area contributed by atoms with Gasteiger partial charge in [-0.25, -0.2) is 14.1 Å². The number of pyridine rings is 1. The number of ether oxygens (including phenoxy) is 1. The van der Waals surface area contributed by atoms with Crippen LogP contribution in [0.4, 0.5) is 0 Å². The van der Waals surface area contributed by atoms with Crippen LogP contribution in [0.25, 0.3) is 11.1 Å². The molecule has 0 bridgehead atoms. The van der Waals surface area contributed by atoms with Crippen LogP contribution in [0, 0.1) is 16.2 Å². The highest BCUT2D eigenvalue weighted by molar-refractivity contribution is 7.48. The van der Waals surface area contributed by atoms with Gasteiger partial charge in [-0.1, -0.05) is 41.5 Å². The SMILES string of the molecule is CC1(C)CCC(c2cc(C(C)(C)C)c3oc(C(=O)N4CCN(C(=O)C5(C)CCC(C)(C(=O)OCOP(=O)(OC(C)(C)C)OC(C)(C)C)CC5)CC4(C)C)cc3n2)CC1. The lowest BCUT2D eigenvalue weighted by Crippen LogP contribution is -2.63. The maximum Gasteiger partial charge on any atom is 0.478 e. The summed E-state index contributed by atoms with van der Waals surface area (Å²) in [5.74, 6) is -0.0144. The first-order valence-electron chi connectivity index (χ1n) is 21.2. The zero-order chi connectivity index (χ0) is 43.5. The van der Waals surface area contributed by atoms with Gasteiger partial charge in [0, 0.05) is 48.3 Å². The number of hydrogen-bond donors (Lipinski definition) is 0. The summed E-state index contributed by atoms with van der Waals surface area (Å²) in [6.07, 6.45) is 6.37. The zero-order valence-corrected chi connectivity index (χ0v) is 39.1. The molecule has 0 spiro atoms. The molecule has 2 aromatic rings. The number of rotatable bonds is 9. The molecule has 0 N–H and O–H groups in total. The summed E-state index contributed by atoms with van der Waals surface area (Å²) in [5.41, 5.74) is -0.169. The molecule has 0 atom stereocenters. The number of fused-ring (bicyclic) bond motifs is 1. The van der Waals surface area contributed by atoms with Gasteiger partial charge < -0.3 is 19.0 Å². The Labute approximate surface area is 347 Å². The number of phosphoric acid groups is 1. The molecule has 0 radical (unpaired) electrons. The summed E-state index contributed by atoms with van der Waals surface area (Å²) in [6, 6.07) is 4.02. The number of carbonyl (C=O) groups excluding carboxylic acids is 3. The molecular formula is C45H72N3O9P. The maximum atomic E-state index is 14.3. The number of phosphoric ester groups is 1. The quantitative estimate of drug-likeness (QED) is 0.136. The van der Waals surface area contributed by atoms with Crippen LogP contribution in [0.1, 0.15) is 183 Å². The molecule has 3 aliphatic rings. The summed E-state index contributed by atoms with van der Waals surface area (Å²) in [6.45, 7) is 29.9. The zero-order valence-electron chi connectivity index (χ0n) is 38.2. The number of furan rings is 1. The Morgan fingerprint density at radius 2 is 1.36 bits per heavy atom. The van der Waals surface area contributed by atoms with Gasteiger partial charge in [0.05, 0.1) is 22.2 Å². The molecule has 1 saturated heterocycles. The molecule has 2 aliphatic carbocycles. The Kier molecular flexibility index (Phi) is 12.7. The van der Waals surface area contributed by atoms with Gasteiger partial charge in [0.25, 0.3) is 5.91 Å². The number of nitrogens with zero attached hydrogens (tertiary/aromatic N) is 3. The standard InChI is InChI=1S/C45H72N3O9P/c1-39(2,3)31-26-32(30-16-18-42(10,11)19-17-30)46-33-27-34(55-35(31)33)36(49)48-25-24-47(28-43(48,12)13)37(50)44(14)20-22-45(15,23-21-44)38(51)53-29-54-58(52,56-40(4,5)6)57-41(7,8)9/h26-27,30H,16-25,28-29H2,1-15H3. The number of amides is 2. The smallest absolute Gasteiger partial charge is 0.449 e. The molecule has 3 fully saturated rings. The third-order valence-corrected chi connectivity index (χ3v) is 14.3. The van der Waals surface area contributed by atoms with Crippen molar-refractivity contribution in [1.82, 2.24) is 14.8 Å². The molecular weight excluding hydrogens is 757 g/mol. The van der Waals surface area contributed by atoms with Gasteiger partial charge in [0.1, 0.15) is 5.52 Å². The summed E-state index contributed by atoms with van der Waals surface area (Å²) in [4.78, 5) is 50.7. The van der Waals surface area contributed by atoms with Crippen molar-refractivity contribution < 1.29 is 41.7 Å². The van der Waals surface area contributed by atoms with Gasteiger partial charge in [-0.3, -0.25) is 23.4 Å². The molecule has 5 rings (SSSR count). The van der Waals surface area contributed by atoms with Gasteiger partial charge >= 0.3 is 13.8 Å². The molecule has 326 valence electrons. The number of piperazine rings is 1. The van der Waals surface area contributed by atoms with Crippen LogP contribution >= 0.6 is 7.82 Å². The highest BCUT2D eigenvalue weighted by Gasteiger charge is 2.50. The lowest BCUT2D eigenvalue weighted by Gasteiger charge is -2.50. The van der Waals surface area contributed by atoms with Crippen LogP contribution in [-0.2, 0) is 37.9 Å². The van der Waals surface area contributed by atoms with Gasteiger partial charge in [-0.2, -0.15) is 0 Å². The van der Waals surface area contributed by atoms with Crippen molar-refractivity contribution in [3.8, 4) is 0 Å². The highest BCUT2D eigenvalue weighted by atomic mass is 31.2. The van der Waals surface area contributed by atoms with Crippen LogP contribution in [0.3, 0.4) is 0 Å². The molecule has 58 heavy (non-hydrogen) atoms. The van der Waals surface area contributed by atoms with E-state index in [2.05, 4.69) is 40.7 Å². The average molecular weight is 830 g/mol. The molecule has 3 heterocycles. The Morgan fingerprint density at radius 1 is 0.810 bits per heavy atom. The Hall–Kier alpha value is -2.79. The second-order valence-corrected chi connectivity index (χ2v) is 23.8. The maximum absolute atomic E-state index is 14.3. The lowest BCUT2D eigenvalue weighted by atomic mass is 9.64. The first-order valence-corrected chi connectivity index (χ1v) is 22.7. The fourth-order valence-electron chi connectivity index (χ4n) is 8.66. The van der Waals surface area contributed by atoms with E-state index in [4.69, 9.17) is 27.7 Å². The van der Waals surface area contributed by atoms with E-state index >= 15 is 0 Å². The van der Waals surface area contributed by atoms with Crippen LogP contribution in [-0.4, -0.2) is 75.7 Å². The number of carbonyl (C=O) groups is 3. The van der Waals surface area contributed by atoms with Crippen LogP contribution in [0.2, 0.25) is 0 Å². The van der Waals surface area contributed by atoms with E-state index in [-0.39, 0.29) is 23.0 Å². The van der Waals surface area contributed by atoms with Crippen LogP contribution < -0.4 is 0 Å². The minimum Gasteiger partial charge on any atom is -0.449 e. The topological polar surface area (TPSA) is 138 Å². The molecule has 13 heteroatoms. The largest absolute Gasteiger partial charge is 0.478 e. The summed E-state index contributed by atoms with van der Waals surface area (Å²) in [5, 5.41) is 0. The molecule has 2 saturated carbocycles. The van der Waals surface area contributed by atoms with E-state index in [9.17, 15) is 18.9 Å². The predicted molar refractivity (Wildman–Crippen MR) is 225 cm³/mol. The van der Waals surface area contributed by atoms with Crippen molar-refractivity contribution in [1.29, 1.82) is 0 Å². The Morgan fingerprint density at radius 3 is 1.88 bits per heavy atom. The predicted octanol–water partition coefficient (Wildman–Crippen LogP) is 10.7. The first kappa shape index (κ1) is 46.3. The van der Waals surface area contributed by atoms with Crippen molar-refractivity contribution in [3.05, 3.63) is 29.2 Å². The van der Waals surface area contributed by atoms with Crippen LogP contribution in [0.15, 0.2) is 16.5 Å². The minimum absolute atomic E-state index is 0.0207. The second-order valence-electron chi connectivity index (χ2n) is 22.3. The summed E-state index contributed by atoms with van der Waals surface area (Å²) >= 11 is 0. The van der Waals surface area contributed by atoms with E-state index < -0.39 is 48.2 Å². The fraction of sp³-hybridized carbons (Fsp3) is 0.778. The van der Waals surface area contributed by atoms with Gasteiger partial charge in [0.15, 0.2) is 11.3 Å². The van der Waals surface area contributed by atoms with Crippen molar-refractivity contribution in [2.24, 2.45) is 16.2 Å². The van der Waals surface area contributed by atoms with Crippen molar-refractivity contribution in [2.45, 2.75) is 183 Å². The van der Waals surface area contributed by atoms with Crippen molar-refractivity contribution in [3.63, 3.8) is 0 Å². The molecule has 2 aromatic heterocycles. The monoisotopic (exact) mass is 830 g/mol. The molecule has 12 nitrogen and oxygen atoms in total. The summed E-state index contributed by atoms with van der Waals surface area (Å²) in [7, 11) is -4.06. The molecule has 0 aromatic carbocycles. The van der Waals surface area contributed by atoms with E-state index in [0.29, 0.717) is 62.2 Å². The first-order chi connectivity index (χ1) is 26.3. The average Bonchev–Trinajstić information content (AvgIpc) is 3.50. The fourth-order valence-corrected chi connectivity index (χ4v) is 10.3. The summed E-state index contributed by atoms with van der Waals surface area (Å²) < 4.78 is 42.0. The van der Waals surface area contributed by atoms with Gasteiger partial charge in [0.2, 0.25) is 12.7 Å². The Balaban J connectivity index is 1.22. The minimum atomic E-state index is -4.06. The molecule has 2 amide bonds. The molecule has 1 aliphatic heterocycles. The van der Waals surface area contributed by atoms with Gasteiger partial charge in [-0.05, 0) is 131 Å². The number of esters is 1. The third-order valence-electron chi connectivity index (χ3n) is 12.3. The lowest BCUT2D eigenvalue weighted by molar-refractivity contribution is -0.169. The molecule has 0 unspecified atom stereocenters. The van der Waals surface area contributed by atoms with Gasteiger partial charge in [-0.15, -0.1) is 0 Å². The number of hydrogen-bond acceptors (Lipinski definition) is 10. The van der Waals surface area contributed by atoms with E-state index in [1.54, 1.807) is 41.5 Å².